The molecule has 1 aliphatic heterocycles. The second-order valence-corrected chi connectivity index (χ2v) is 5.27. The van der Waals surface area contributed by atoms with Crippen LogP contribution in [0.3, 0.4) is 0 Å². The van der Waals surface area contributed by atoms with Crippen molar-refractivity contribution < 1.29 is 42.2 Å². The van der Waals surface area contributed by atoms with Gasteiger partial charge in [-0.05, 0) is 17.2 Å². The minimum absolute atomic E-state index is 0. The van der Waals surface area contributed by atoms with Gasteiger partial charge in [-0.15, -0.1) is 40.5 Å². The average Bonchev–Trinajstić information content (AvgIpc) is 2.44. The molecule has 21 heavy (non-hydrogen) atoms. The molecule has 2 rings (SSSR count). The third-order valence-corrected chi connectivity index (χ3v) is 3.60. The molecule has 1 amide bonds. The Hall–Kier alpha value is -0.346. The molecule has 0 fully saturated rings. The molecule has 0 spiro atoms. The zero-order valence-electron chi connectivity index (χ0n) is 11.6. The summed E-state index contributed by atoms with van der Waals surface area (Å²) in [4.78, 5) is 13.4. The average molecular weight is 400 g/mol. The number of alkyl halides is 1. The van der Waals surface area contributed by atoms with E-state index in [0.717, 1.165) is 5.56 Å². The van der Waals surface area contributed by atoms with Gasteiger partial charge in [-0.2, -0.15) is 0 Å². The van der Waals surface area contributed by atoms with Crippen molar-refractivity contribution in [3.63, 3.8) is 0 Å². The summed E-state index contributed by atoms with van der Waals surface area (Å²) < 4.78 is 5.41. The molecule has 0 saturated heterocycles. The number of allylic oxidation sites excluding steroid dienone is 1. The minimum atomic E-state index is -0.558. The minimum Gasteiger partial charge on any atom is -0.490 e. The van der Waals surface area contributed by atoms with Gasteiger partial charge in [0.2, 0.25) is 5.91 Å². The summed E-state index contributed by atoms with van der Waals surface area (Å²) >= 11 is 12.2. The zero-order valence-corrected chi connectivity index (χ0v) is 16.0. The van der Waals surface area contributed by atoms with Crippen molar-refractivity contribution in [2.75, 3.05) is 13.7 Å². The summed E-state index contributed by atoms with van der Waals surface area (Å²) in [6.45, 7) is 4.00. The molecule has 1 aliphatic rings. The SMILES string of the molecule is C=CCOc1ccc(C2=[C-]CC(Cl)C(=O)N2C)c(Cl)c1.[Y]. The molecule has 0 aromatic heterocycles. The van der Waals surface area contributed by atoms with Crippen LogP contribution in [-0.4, -0.2) is 29.8 Å². The van der Waals surface area contributed by atoms with Crippen LogP contribution in [0.5, 0.6) is 5.75 Å². The second kappa shape index (κ2) is 8.33. The van der Waals surface area contributed by atoms with Gasteiger partial charge >= 0.3 is 0 Å². The predicted molar refractivity (Wildman–Crippen MR) is 80.8 cm³/mol. The van der Waals surface area contributed by atoms with E-state index in [1.165, 1.54) is 4.90 Å². The van der Waals surface area contributed by atoms with Gasteiger partial charge in [-0.3, -0.25) is 4.79 Å². The monoisotopic (exact) mass is 399 g/mol. The van der Waals surface area contributed by atoms with Crippen LogP contribution < -0.4 is 4.74 Å². The van der Waals surface area contributed by atoms with Gasteiger partial charge in [0.1, 0.15) is 17.7 Å². The molecule has 1 aromatic carbocycles. The fourth-order valence-corrected chi connectivity index (χ4v) is 2.40. The maximum absolute atomic E-state index is 11.9. The van der Waals surface area contributed by atoms with E-state index in [1.54, 1.807) is 31.3 Å². The van der Waals surface area contributed by atoms with Crippen LogP contribution in [0.25, 0.3) is 5.70 Å². The van der Waals surface area contributed by atoms with Crippen molar-refractivity contribution in [1.82, 2.24) is 4.90 Å². The number of benzene rings is 1. The van der Waals surface area contributed by atoms with E-state index in [1.807, 2.05) is 0 Å². The van der Waals surface area contributed by atoms with Crippen molar-refractivity contribution in [3.05, 3.63) is 47.5 Å². The van der Waals surface area contributed by atoms with E-state index in [4.69, 9.17) is 27.9 Å². The molecule has 0 aliphatic carbocycles. The van der Waals surface area contributed by atoms with Gasteiger partial charge in [-0.1, -0.05) is 19.1 Å². The predicted octanol–water partition coefficient (Wildman–Crippen LogP) is 3.52. The summed E-state index contributed by atoms with van der Waals surface area (Å²) in [7, 11) is 1.66. The molecule has 1 radical (unpaired) electrons. The topological polar surface area (TPSA) is 29.5 Å². The zero-order chi connectivity index (χ0) is 14.7. The second-order valence-electron chi connectivity index (χ2n) is 4.34. The van der Waals surface area contributed by atoms with E-state index >= 15 is 0 Å². The third kappa shape index (κ3) is 4.32. The maximum atomic E-state index is 11.9. The number of carbonyl (C=O) groups excluding carboxylic acids is 1. The summed E-state index contributed by atoms with van der Waals surface area (Å²) in [6, 6.07) is 5.31. The van der Waals surface area contributed by atoms with Gasteiger partial charge in [-0.25, -0.2) is 6.08 Å². The first-order valence-corrected chi connectivity index (χ1v) is 6.92. The number of nitrogens with zero attached hydrogens (tertiary/aromatic N) is 1. The molecule has 0 saturated carbocycles. The Labute approximate surface area is 159 Å². The molecule has 0 bridgehead atoms. The smallest absolute Gasteiger partial charge is 0.240 e. The van der Waals surface area contributed by atoms with E-state index in [0.29, 0.717) is 29.5 Å². The fraction of sp³-hybridized carbons (Fsp3) is 0.267. The number of rotatable bonds is 4. The Kier molecular flexibility index (Phi) is 7.42. The molecule has 1 heterocycles. The number of halogens is 2. The van der Waals surface area contributed by atoms with Crippen LogP contribution >= 0.6 is 23.2 Å². The molecular formula is C15H14Cl2NO2Y-. The van der Waals surface area contributed by atoms with Crippen molar-refractivity contribution in [3.8, 4) is 5.75 Å². The number of ether oxygens (including phenoxy) is 1. The van der Waals surface area contributed by atoms with Crippen LogP contribution in [0.15, 0.2) is 30.9 Å². The maximum Gasteiger partial charge on any atom is 0.240 e. The summed E-state index contributed by atoms with van der Waals surface area (Å²) in [5.74, 6) is 0.503. The first-order valence-electron chi connectivity index (χ1n) is 6.10. The Bertz CT molecular complexity index is 575. The number of hydrogen-bond acceptors (Lipinski definition) is 2. The molecule has 1 unspecified atom stereocenters. The molecule has 0 N–H and O–H groups in total. The molecule has 6 heteroatoms. The van der Waals surface area contributed by atoms with Gasteiger partial charge in [0.05, 0.1) is 0 Å². The molecule has 3 nitrogen and oxygen atoms in total. The summed E-state index contributed by atoms with van der Waals surface area (Å²) in [5.41, 5.74) is 1.38. The van der Waals surface area contributed by atoms with E-state index in [2.05, 4.69) is 12.7 Å². The number of hydrogen-bond donors (Lipinski definition) is 0. The van der Waals surface area contributed by atoms with Gasteiger partial charge < -0.3 is 9.64 Å². The van der Waals surface area contributed by atoms with E-state index in [-0.39, 0.29) is 38.6 Å². The van der Waals surface area contributed by atoms with Crippen molar-refractivity contribution in [2.24, 2.45) is 0 Å². The Morgan fingerprint density at radius 1 is 1.57 bits per heavy atom. The quantitative estimate of drug-likeness (QED) is 0.440. The van der Waals surface area contributed by atoms with E-state index in [9.17, 15) is 4.79 Å². The normalized spacial score (nSPS) is 17.9. The van der Waals surface area contributed by atoms with Crippen LogP contribution in [0.1, 0.15) is 12.0 Å². The van der Waals surface area contributed by atoms with Gasteiger partial charge in [0.15, 0.2) is 0 Å². The van der Waals surface area contributed by atoms with Crippen LogP contribution in [0.4, 0.5) is 0 Å². The van der Waals surface area contributed by atoms with Crippen molar-refractivity contribution in [1.29, 1.82) is 0 Å². The molecule has 1 atom stereocenters. The molecule has 1 aromatic rings. The van der Waals surface area contributed by atoms with Crippen LogP contribution in [0, 0.1) is 6.08 Å². The third-order valence-electron chi connectivity index (χ3n) is 2.95. The standard InChI is InChI=1S/C15H14Cl2NO2.Y/c1-3-8-20-10-4-5-11(13(17)9-10)14-7-6-12(16)15(19)18(14)2;/h3-5,9,12H,1,6,8H2,2H3;/q-1;. The first-order chi connectivity index (χ1) is 9.54. The fourth-order valence-electron chi connectivity index (χ4n) is 1.92. The number of carbonyl (C=O) groups is 1. The Morgan fingerprint density at radius 3 is 2.90 bits per heavy atom. The molecular weight excluding hydrogens is 386 g/mol. The van der Waals surface area contributed by atoms with Gasteiger partial charge in [0.25, 0.3) is 0 Å². The van der Waals surface area contributed by atoms with E-state index < -0.39 is 5.38 Å². The Balaban J connectivity index is 0.00000220. The Morgan fingerprint density at radius 2 is 2.29 bits per heavy atom. The van der Waals surface area contributed by atoms with Crippen molar-refractivity contribution >= 4 is 34.8 Å². The summed E-state index contributed by atoms with van der Waals surface area (Å²) in [5, 5.41) is -0.0561. The molecule has 109 valence electrons. The summed E-state index contributed by atoms with van der Waals surface area (Å²) in [6.07, 6.45) is 5.16. The van der Waals surface area contributed by atoms with Crippen molar-refractivity contribution in [2.45, 2.75) is 11.8 Å². The largest absolute Gasteiger partial charge is 0.490 e. The van der Waals surface area contributed by atoms with Crippen LogP contribution in [-0.2, 0) is 37.5 Å². The number of amides is 1. The van der Waals surface area contributed by atoms with Crippen LogP contribution in [0.2, 0.25) is 5.02 Å². The van der Waals surface area contributed by atoms with Gasteiger partial charge in [0, 0.05) is 39.8 Å². The first kappa shape index (κ1) is 18.7.